The Labute approximate surface area is 69.4 Å². The molecular formula is C7H9N3O2. The Morgan fingerprint density at radius 3 is 3.00 bits per heavy atom. The zero-order valence-corrected chi connectivity index (χ0v) is 6.46. The van der Waals surface area contributed by atoms with E-state index < -0.39 is 0 Å². The van der Waals surface area contributed by atoms with Gasteiger partial charge in [0.2, 0.25) is 5.91 Å². The average molecular weight is 167 g/mol. The summed E-state index contributed by atoms with van der Waals surface area (Å²) in [5.41, 5.74) is 0.428. The molecule has 2 aliphatic heterocycles. The summed E-state index contributed by atoms with van der Waals surface area (Å²) in [5.74, 6) is -0.218. The Morgan fingerprint density at radius 2 is 2.25 bits per heavy atom. The maximum Gasteiger partial charge on any atom is 0.269 e. The van der Waals surface area contributed by atoms with Gasteiger partial charge < -0.3 is 15.5 Å². The molecule has 2 aliphatic rings. The molecule has 5 nitrogen and oxygen atoms in total. The minimum atomic E-state index is -0.179. The lowest BCUT2D eigenvalue weighted by Crippen LogP contribution is -2.53. The van der Waals surface area contributed by atoms with Crippen molar-refractivity contribution in [2.24, 2.45) is 0 Å². The Balaban J connectivity index is 2.31. The van der Waals surface area contributed by atoms with Crippen LogP contribution in [0.4, 0.5) is 0 Å². The second-order valence-corrected chi connectivity index (χ2v) is 2.71. The molecule has 0 radical (unpaired) electrons. The number of piperazine rings is 1. The number of carbonyl (C=O) groups excluding carboxylic acids is 2. The van der Waals surface area contributed by atoms with E-state index in [4.69, 9.17) is 0 Å². The molecular weight excluding hydrogens is 158 g/mol. The SMILES string of the molecule is O=C1NCC(=O)N2CCNC=C12. The summed E-state index contributed by atoms with van der Waals surface area (Å²) >= 11 is 0. The molecule has 0 spiro atoms. The Kier molecular flexibility index (Phi) is 1.49. The Bertz CT molecular complexity index is 272. The number of amides is 2. The molecule has 0 unspecified atom stereocenters. The fourth-order valence-electron chi connectivity index (χ4n) is 1.33. The number of fused-ring (bicyclic) bond motifs is 1. The maximum atomic E-state index is 11.2. The van der Waals surface area contributed by atoms with E-state index in [2.05, 4.69) is 10.6 Å². The number of rotatable bonds is 0. The van der Waals surface area contributed by atoms with Crippen molar-refractivity contribution in [2.45, 2.75) is 0 Å². The molecule has 5 heteroatoms. The number of carbonyl (C=O) groups is 2. The van der Waals surface area contributed by atoms with Crippen LogP contribution in [-0.4, -0.2) is 36.3 Å². The van der Waals surface area contributed by atoms with Crippen LogP contribution in [0.5, 0.6) is 0 Å². The Morgan fingerprint density at radius 1 is 1.42 bits per heavy atom. The van der Waals surface area contributed by atoms with Crippen molar-refractivity contribution in [3.05, 3.63) is 11.9 Å². The van der Waals surface area contributed by atoms with E-state index in [0.717, 1.165) is 0 Å². The standard InChI is InChI=1S/C7H9N3O2/c11-6-4-9-7(12)5-3-8-1-2-10(5)6/h3,8H,1-2,4H2,(H,9,12). The highest BCUT2D eigenvalue weighted by molar-refractivity contribution is 6.03. The fourth-order valence-corrected chi connectivity index (χ4v) is 1.33. The number of nitrogens with zero attached hydrogens (tertiary/aromatic N) is 1. The van der Waals surface area contributed by atoms with Crippen LogP contribution >= 0.6 is 0 Å². The molecule has 64 valence electrons. The normalized spacial score (nSPS) is 22.3. The number of nitrogens with one attached hydrogen (secondary N) is 2. The van der Waals surface area contributed by atoms with Crippen molar-refractivity contribution in [2.75, 3.05) is 19.6 Å². The van der Waals surface area contributed by atoms with E-state index >= 15 is 0 Å². The predicted octanol–water partition coefficient (Wildman–Crippen LogP) is -1.61. The lowest BCUT2D eigenvalue weighted by molar-refractivity contribution is -0.136. The highest BCUT2D eigenvalue weighted by atomic mass is 16.2. The molecule has 0 saturated carbocycles. The van der Waals surface area contributed by atoms with E-state index in [-0.39, 0.29) is 18.4 Å². The summed E-state index contributed by atoms with van der Waals surface area (Å²) in [4.78, 5) is 23.9. The van der Waals surface area contributed by atoms with Gasteiger partial charge in [0.25, 0.3) is 5.91 Å². The molecule has 0 aliphatic carbocycles. The summed E-state index contributed by atoms with van der Waals surface area (Å²) in [5, 5.41) is 5.41. The Hall–Kier alpha value is -1.52. The van der Waals surface area contributed by atoms with E-state index in [1.807, 2.05) is 0 Å². The summed E-state index contributed by atoms with van der Waals surface area (Å²) < 4.78 is 0. The van der Waals surface area contributed by atoms with Crippen LogP contribution in [0, 0.1) is 0 Å². The van der Waals surface area contributed by atoms with Crippen molar-refractivity contribution < 1.29 is 9.59 Å². The van der Waals surface area contributed by atoms with E-state index in [0.29, 0.717) is 18.8 Å². The third kappa shape index (κ3) is 0.939. The van der Waals surface area contributed by atoms with Gasteiger partial charge in [-0.25, -0.2) is 0 Å². The zero-order chi connectivity index (χ0) is 8.55. The molecule has 0 aromatic carbocycles. The second kappa shape index (κ2) is 2.51. The van der Waals surface area contributed by atoms with Gasteiger partial charge in [0.1, 0.15) is 5.70 Å². The van der Waals surface area contributed by atoms with Gasteiger partial charge in [-0.1, -0.05) is 0 Å². The largest absolute Gasteiger partial charge is 0.387 e. The first-order valence-electron chi connectivity index (χ1n) is 3.81. The van der Waals surface area contributed by atoms with E-state index in [1.165, 1.54) is 4.90 Å². The minimum absolute atomic E-state index is 0.0395. The van der Waals surface area contributed by atoms with Gasteiger partial charge in [-0.15, -0.1) is 0 Å². The van der Waals surface area contributed by atoms with Gasteiger partial charge in [-0.3, -0.25) is 9.59 Å². The third-order valence-electron chi connectivity index (χ3n) is 1.94. The molecule has 2 N–H and O–H groups in total. The average Bonchev–Trinajstić information content (AvgIpc) is 2.12. The van der Waals surface area contributed by atoms with Crippen LogP contribution in [-0.2, 0) is 9.59 Å². The van der Waals surface area contributed by atoms with Crippen molar-refractivity contribution in [1.82, 2.24) is 15.5 Å². The first-order valence-corrected chi connectivity index (χ1v) is 3.81. The minimum Gasteiger partial charge on any atom is -0.387 e. The third-order valence-corrected chi connectivity index (χ3v) is 1.94. The van der Waals surface area contributed by atoms with Crippen LogP contribution in [0.25, 0.3) is 0 Å². The lowest BCUT2D eigenvalue weighted by Gasteiger charge is -2.31. The van der Waals surface area contributed by atoms with Crippen molar-refractivity contribution in [3.63, 3.8) is 0 Å². The predicted molar refractivity (Wildman–Crippen MR) is 40.8 cm³/mol. The molecule has 0 atom stereocenters. The summed E-state index contributed by atoms with van der Waals surface area (Å²) in [6, 6.07) is 0. The molecule has 0 aromatic rings. The number of hydrogen-bond donors (Lipinski definition) is 2. The van der Waals surface area contributed by atoms with Gasteiger partial charge in [0.05, 0.1) is 6.54 Å². The smallest absolute Gasteiger partial charge is 0.269 e. The highest BCUT2D eigenvalue weighted by Gasteiger charge is 2.29. The van der Waals surface area contributed by atoms with E-state index in [9.17, 15) is 9.59 Å². The second-order valence-electron chi connectivity index (χ2n) is 2.71. The fraction of sp³-hybridized carbons (Fsp3) is 0.429. The first kappa shape index (κ1) is 7.15. The molecule has 2 heterocycles. The topological polar surface area (TPSA) is 61.4 Å². The van der Waals surface area contributed by atoms with Crippen LogP contribution in [0.1, 0.15) is 0 Å². The van der Waals surface area contributed by atoms with Gasteiger partial charge >= 0.3 is 0 Å². The maximum absolute atomic E-state index is 11.2. The number of hydrogen-bond acceptors (Lipinski definition) is 3. The molecule has 0 aromatic heterocycles. The van der Waals surface area contributed by atoms with Crippen LogP contribution in [0.2, 0.25) is 0 Å². The van der Waals surface area contributed by atoms with Gasteiger partial charge in [0, 0.05) is 19.3 Å². The summed E-state index contributed by atoms with van der Waals surface area (Å²) in [6.07, 6.45) is 1.58. The van der Waals surface area contributed by atoms with Gasteiger partial charge in [-0.05, 0) is 0 Å². The van der Waals surface area contributed by atoms with Crippen molar-refractivity contribution in [3.8, 4) is 0 Å². The zero-order valence-electron chi connectivity index (χ0n) is 6.46. The van der Waals surface area contributed by atoms with Crippen LogP contribution in [0.15, 0.2) is 11.9 Å². The van der Waals surface area contributed by atoms with Gasteiger partial charge in [-0.2, -0.15) is 0 Å². The molecule has 2 rings (SSSR count). The lowest BCUT2D eigenvalue weighted by atomic mass is 10.2. The van der Waals surface area contributed by atoms with Crippen molar-refractivity contribution in [1.29, 1.82) is 0 Å². The quantitative estimate of drug-likeness (QED) is 0.456. The van der Waals surface area contributed by atoms with E-state index in [1.54, 1.807) is 6.20 Å². The van der Waals surface area contributed by atoms with Gasteiger partial charge in [0.15, 0.2) is 0 Å². The van der Waals surface area contributed by atoms with Crippen LogP contribution in [0.3, 0.4) is 0 Å². The van der Waals surface area contributed by atoms with Crippen molar-refractivity contribution >= 4 is 11.8 Å². The molecule has 1 fully saturated rings. The molecule has 0 bridgehead atoms. The molecule has 1 saturated heterocycles. The molecule has 2 amide bonds. The first-order chi connectivity index (χ1) is 5.79. The summed E-state index contributed by atoms with van der Waals surface area (Å²) in [7, 11) is 0. The highest BCUT2D eigenvalue weighted by Crippen LogP contribution is 2.10. The van der Waals surface area contributed by atoms with Crippen LogP contribution < -0.4 is 10.6 Å². The monoisotopic (exact) mass is 167 g/mol. The summed E-state index contributed by atoms with van der Waals surface area (Å²) in [6.45, 7) is 1.41. The molecule has 12 heavy (non-hydrogen) atoms.